The zero-order valence-electron chi connectivity index (χ0n) is 20.3. The van der Waals surface area contributed by atoms with E-state index in [1.165, 1.54) is 11.3 Å². The maximum Gasteiger partial charge on any atom is 0.134 e. The molecule has 0 amide bonds. The lowest BCUT2D eigenvalue weighted by Crippen LogP contribution is -2.35. The van der Waals surface area contributed by atoms with E-state index in [1.807, 2.05) is 11.7 Å². The topological polar surface area (TPSA) is 54.2 Å². The number of imidazole rings is 1. The van der Waals surface area contributed by atoms with Crippen LogP contribution in [0.15, 0.2) is 30.5 Å². The van der Waals surface area contributed by atoms with Crippen molar-refractivity contribution in [3.63, 3.8) is 0 Å². The number of halogens is 1. The fourth-order valence-electron chi connectivity index (χ4n) is 4.16. The third-order valence-electron chi connectivity index (χ3n) is 5.71. The lowest BCUT2D eigenvalue weighted by atomic mass is 10.1. The summed E-state index contributed by atoms with van der Waals surface area (Å²) in [5.41, 5.74) is 5.72. The van der Waals surface area contributed by atoms with Crippen LogP contribution in [0.25, 0.3) is 11.3 Å². The van der Waals surface area contributed by atoms with E-state index in [-0.39, 0.29) is 17.9 Å². The average Bonchev–Trinajstić information content (AvgIpc) is 3.19. The minimum atomic E-state index is -0.0426. The molecule has 1 aliphatic heterocycles. The van der Waals surface area contributed by atoms with Crippen LogP contribution in [-0.4, -0.2) is 50.4 Å². The van der Waals surface area contributed by atoms with Crippen molar-refractivity contribution in [3.05, 3.63) is 47.5 Å². The zero-order chi connectivity index (χ0) is 22.3. The van der Waals surface area contributed by atoms with Gasteiger partial charge in [0.1, 0.15) is 17.3 Å². The van der Waals surface area contributed by atoms with Crippen molar-refractivity contribution in [2.45, 2.75) is 52.9 Å². The maximum absolute atomic E-state index is 5.12. The summed E-state index contributed by atoms with van der Waals surface area (Å²) in [7, 11) is 6.11. The van der Waals surface area contributed by atoms with Gasteiger partial charge in [0.05, 0.1) is 12.2 Å². The zero-order valence-corrected chi connectivity index (χ0v) is 21.1. The Kier molecular flexibility index (Phi) is 6.91. The summed E-state index contributed by atoms with van der Waals surface area (Å²) in [6, 6.07) is 8.67. The van der Waals surface area contributed by atoms with Crippen molar-refractivity contribution in [2.75, 3.05) is 30.9 Å². The predicted octanol–water partition coefficient (Wildman–Crippen LogP) is 4.31. The monoisotopic (exact) mass is 457 g/mol. The Morgan fingerprint density at radius 3 is 2.34 bits per heavy atom. The highest BCUT2D eigenvalue weighted by Crippen LogP contribution is 2.34. The van der Waals surface area contributed by atoms with Gasteiger partial charge in [0.15, 0.2) is 0 Å². The van der Waals surface area contributed by atoms with E-state index in [0.717, 1.165) is 54.8 Å². The van der Waals surface area contributed by atoms with Crippen LogP contribution >= 0.6 is 12.4 Å². The summed E-state index contributed by atoms with van der Waals surface area (Å²) >= 11 is 0. The molecule has 0 unspecified atom stereocenters. The van der Waals surface area contributed by atoms with Crippen LogP contribution in [0.2, 0.25) is 0 Å². The molecule has 3 aromatic rings. The highest BCUT2D eigenvalue weighted by Gasteiger charge is 2.27. The minimum Gasteiger partial charge on any atom is -0.378 e. The third kappa shape index (κ3) is 5.10. The maximum atomic E-state index is 5.12. The number of nitrogens with one attached hydrogen (secondary N) is 1. The summed E-state index contributed by atoms with van der Waals surface area (Å²) in [5, 5.41) is 8.22. The number of aryl methyl sites for hydroxylation is 2. The number of hydrogen-bond donors (Lipinski definition) is 1. The van der Waals surface area contributed by atoms with E-state index in [0.29, 0.717) is 0 Å². The standard InChI is InChI=1S/C24H35N7.ClH/c1-17-19(14-29(7)27-17)15-30-12-13-31-21(16-30)25-22(23(31)26-24(2,3)4)18-8-10-20(11-9-18)28(5)6;/h8-11,14,26H,12-13,15-16H2,1-7H3;1H. The first-order valence-corrected chi connectivity index (χ1v) is 11.0. The molecule has 0 radical (unpaired) electrons. The molecule has 7 nitrogen and oxygen atoms in total. The number of hydrogen-bond acceptors (Lipinski definition) is 5. The smallest absolute Gasteiger partial charge is 0.134 e. The van der Waals surface area contributed by atoms with Crippen LogP contribution < -0.4 is 10.2 Å². The molecular weight excluding hydrogens is 422 g/mol. The summed E-state index contributed by atoms with van der Waals surface area (Å²) < 4.78 is 4.27. The lowest BCUT2D eigenvalue weighted by molar-refractivity contribution is 0.209. The van der Waals surface area contributed by atoms with Crippen molar-refractivity contribution in [1.29, 1.82) is 0 Å². The molecule has 32 heavy (non-hydrogen) atoms. The Hall–Kier alpha value is -2.51. The van der Waals surface area contributed by atoms with E-state index >= 15 is 0 Å². The van der Waals surface area contributed by atoms with Crippen molar-refractivity contribution in [1.82, 2.24) is 24.2 Å². The van der Waals surface area contributed by atoms with Crippen LogP contribution in [0.4, 0.5) is 11.5 Å². The molecule has 0 atom stereocenters. The molecule has 2 aromatic heterocycles. The van der Waals surface area contributed by atoms with Gasteiger partial charge in [0.25, 0.3) is 0 Å². The quantitative estimate of drug-likeness (QED) is 0.618. The fraction of sp³-hybridized carbons (Fsp3) is 0.500. The molecule has 0 spiro atoms. The first-order chi connectivity index (χ1) is 14.6. The van der Waals surface area contributed by atoms with Gasteiger partial charge >= 0.3 is 0 Å². The lowest BCUT2D eigenvalue weighted by Gasteiger charge is -2.30. The molecule has 8 heteroatoms. The van der Waals surface area contributed by atoms with Gasteiger partial charge in [-0.15, -0.1) is 12.4 Å². The van der Waals surface area contributed by atoms with Crippen molar-refractivity contribution >= 4 is 23.9 Å². The Morgan fingerprint density at radius 1 is 1.09 bits per heavy atom. The number of benzene rings is 1. The average molecular weight is 458 g/mol. The molecule has 0 bridgehead atoms. The minimum absolute atomic E-state index is 0. The molecule has 3 heterocycles. The van der Waals surface area contributed by atoms with Gasteiger partial charge in [-0.05, 0) is 39.8 Å². The molecule has 4 rings (SSSR count). The van der Waals surface area contributed by atoms with Gasteiger partial charge in [-0.25, -0.2) is 4.98 Å². The Morgan fingerprint density at radius 2 is 1.78 bits per heavy atom. The molecule has 1 N–H and O–H groups in total. The van der Waals surface area contributed by atoms with Gasteiger partial charge in [0.2, 0.25) is 0 Å². The van der Waals surface area contributed by atoms with Crippen molar-refractivity contribution in [2.24, 2.45) is 7.05 Å². The second kappa shape index (κ2) is 9.16. The van der Waals surface area contributed by atoms with Crippen molar-refractivity contribution in [3.8, 4) is 11.3 Å². The van der Waals surface area contributed by atoms with Crippen LogP contribution in [0, 0.1) is 6.92 Å². The Bertz CT molecular complexity index is 1060. The molecule has 0 aliphatic carbocycles. The summed E-state index contributed by atoms with van der Waals surface area (Å²) in [4.78, 5) is 9.71. The van der Waals surface area contributed by atoms with Gasteiger partial charge in [-0.3, -0.25) is 9.58 Å². The van der Waals surface area contributed by atoms with E-state index in [2.05, 4.69) is 97.0 Å². The highest BCUT2D eigenvalue weighted by atomic mass is 35.5. The van der Waals surface area contributed by atoms with E-state index in [9.17, 15) is 0 Å². The number of rotatable bonds is 5. The fourth-order valence-corrected chi connectivity index (χ4v) is 4.16. The highest BCUT2D eigenvalue weighted by molar-refractivity contribution is 5.85. The van der Waals surface area contributed by atoms with Gasteiger partial charge in [-0.2, -0.15) is 5.10 Å². The van der Waals surface area contributed by atoms with Crippen LogP contribution in [0.5, 0.6) is 0 Å². The molecule has 0 saturated heterocycles. The SMILES string of the molecule is Cc1nn(C)cc1CN1CCn2c(nc(-c3ccc(N(C)C)cc3)c2NC(C)(C)C)C1.Cl. The molecule has 0 fully saturated rings. The Labute approximate surface area is 197 Å². The summed E-state index contributed by atoms with van der Waals surface area (Å²) in [6.07, 6.45) is 2.13. The predicted molar refractivity (Wildman–Crippen MR) is 135 cm³/mol. The molecule has 1 aliphatic rings. The number of fused-ring (bicyclic) bond motifs is 1. The number of aromatic nitrogens is 4. The molecule has 1 aromatic carbocycles. The summed E-state index contributed by atoms with van der Waals surface area (Å²) in [6.45, 7) is 12.3. The summed E-state index contributed by atoms with van der Waals surface area (Å²) in [5.74, 6) is 2.24. The largest absolute Gasteiger partial charge is 0.378 e. The Balaban J connectivity index is 0.00000289. The van der Waals surface area contributed by atoms with Crippen LogP contribution in [0.3, 0.4) is 0 Å². The van der Waals surface area contributed by atoms with E-state index < -0.39 is 0 Å². The second-order valence-corrected chi connectivity index (χ2v) is 9.82. The van der Waals surface area contributed by atoms with Gasteiger partial charge < -0.3 is 14.8 Å². The molecule has 174 valence electrons. The van der Waals surface area contributed by atoms with E-state index in [1.54, 1.807) is 0 Å². The van der Waals surface area contributed by atoms with Crippen LogP contribution in [0.1, 0.15) is 37.9 Å². The van der Waals surface area contributed by atoms with Gasteiger partial charge in [0, 0.05) is 69.3 Å². The normalized spacial score (nSPS) is 14.1. The van der Waals surface area contributed by atoms with Crippen molar-refractivity contribution < 1.29 is 0 Å². The second-order valence-electron chi connectivity index (χ2n) is 9.82. The first kappa shape index (κ1) is 24.1. The van der Waals surface area contributed by atoms with Gasteiger partial charge in [-0.1, -0.05) is 12.1 Å². The number of anilines is 2. The number of nitrogens with zero attached hydrogens (tertiary/aromatic N) is 6. The van der Waals surface area contributed by atoms with E-state index in [4.69, 9.17) is 4.98 Å². The molecule has 0 saturated carbocycles. The first-order valence-electron chi connectivity index (χ1n) is 11.0. The third-order valence-corrected chi connectivity index (χ3v) is 5.71. The van der Waals surface area contributed by atoms with Crippen LogP contribution in [-0.2, 0) is 26.7 Å². The molecular formula is C24H36ClN7.